The van der Waals surface area contributed by atoms with Crippen molar-refractivity contribution in [2.45, 2.75) is 290 Å². The maximum atomic E-state index is 12.9. The Balaban J connectivity index is 4.45. The van der Waals surface area contributed by atoms with Gasteiger partial charge in [-0.1, -0.05) is 234 Å². The average molecular weight is 976 g/mol. The van der Waals surface area contributed by atoms with E-state index >= 15 is 0 Å². The van der Waals surface area contributed by atoms with E-state index in [1.807, 2.05) is 0 Å². The molecule has 0 radical (unpaired) electrons. The summed E-state index contributed by atoms with van der Waals surface area (Å²) in [6.07, 6.45) is 75.7. The van der Waals surface area contributed by atoms with Gasteiger partial charge in [-0.15, -0.1) is 0 Å². The predicted molar refractivity (Wildman–Crippen MR) is 302 cm³/mol. The standard InChI is InChI=1S/C64H110O6/c1-4-7-10-13-16-19-22-25-28-30-32-34-36-39-42-45-48-51-54-57-63(66)69-60-61(59-68-62(65)56-53-50-47-44-41-38-27-24-21-18-15-12-9-6-3)70-64(67)58-55-52-49-46-43-40-37-35-33-31-29-26-23-20-17-14-11-8-5-2/h15-16,18-19,24-29,32,34,39,42,61H,4-14,17,20-23,30-31,33,35-38,40-41,43-60H2,1-3H3/b18-15-,19-16-,27-24-,28-25-,29-26-,34-32-,42-39-/t61-/m1/s1. The van der Waals surface area contributed by atoms with Crippen molar-refractivity contribution in [3.05, 3.63) is 85.1 Å². The summed E-state index contributed by atoms with van der Waals surface area (Å²) in [5.74, 6) is -0.934. The summed E-state index contributed by atoms with van der Waals surface area (Å²) in [4.78, 5) is 38.2. The van der Waals surface area contributed by atoms with E-state index in [0.29, 0.717) is 19.3 Å². The minimum Gasteiger partial charge on any atom is -0.462 e. The second kappa shape index (κ2) is 58.2. The molecule has 0 fully saturated rings. The molecule has 0 N–H and O–H groups in total. The second-order valence-electron chi connectivity index (χ2n) is 19.5. The van der Waals surface area contributed by atoms with E-state index in [9.17, 15) is 14.4 Å². The van der Waals surface area contributed by atoms with Crippen molar-refractivity contribution >= 4 is 17.9 Å². The monoisotopic (exact) mass is 975 g/mol. The Labute approximate surface area is 433 Å². The van der Waals surface area contributed by atoms with Gasteiger partial charge in [-0.25, -0.2) is 0 Å². The molecule has 0 spiro atoms. The van der Waals surface area contributed by atoms with Crippen LogP contribution < -0.4 is 0 Å². The quantitative estimate of drug-likeness (QED) is 0.0261. The molecule has 0 saturated heterocycles. The van der Waals surface area contributed by atoms with Crippen LogP contribution in [0.25, 0.3) is 0 Å². The molecular formula is C64H110O6. The van der Waals surface area contributed by atoms with E-state index in [4.69, 9.17) is 14.2 Å². The smallest absolute Gasteiger partial charge is 0.306 e. The Morgan fingerprint density at radius 3 is 0.900 bits per heavy atom. The van der Waals surface area contributed by atoms with Crippen LogP contribution in [0.15, 0.2) is 85.1 Å². The van der Waals surface area contributed by atoms with Gasteiger partial charge >= 0.3 is 17.9 Å². The number of allylic oxidation sites excluding steroid dienone is 14. The van der Waals surface area contributed by atoms with Gasteiger partial charge in [0.15, 0.2) is 6.10 Å². The molecule has 70 heavy (non-hydrogen) atoms. The first-order valence-electron chi connectivity index (χ1n) is 29.6. The number of rotatable bonds is 53. The van der Waals surface area contributed by atoms with Crippen LogP contribution in [0.2, 0.25) is 0 Å². The van der Waals surface area contributed by atoms with Gasteiger partial charge in [-0.3, -0.25) is 14.4 Å². The molecule has 0 unspecified atom stereocenters. The maximum absolute atomic E-state index is 12.9. The second-order valence-corrected chi connectivity index (χ2v) is 19.5. The molecule has 0 aliphatic carbocycles. The molecule has 6 heteroatoms. The molecule has 0 rings (SSSR count). The molecule has 0 amide bonds. The number of esters is 3. The summed E-state index contributed by atoms with van der Waals surface area (Å²) >= 11 is 0. The third-order valence-electron chi connectivity index (χ3n) is 12.6. The fourth-order valence-electron chi connectivity index (χ4n) is 8.08. The van der Waals surface area contributed by atoms with E-state index in [2.05, 4.69) is 106 Å². The van der Waals surface area contributed by atoms with Crippen LogP contribution >= 0.6 is 0 Å². The SMILES string of the molecule is CCCC/C=C\C/C=C\CCCCCCCC(=O)OC[C@H](COC(=O)CCCCC/C=C\C/C=C\C/C=C\C/C=C\CCCCC)OC(=O)CCCCCCCCCCC/C=C\CCCCCCCC. The van der Waals surface area contributed by atoms with Crippen LogP contribution in [0.5, 0.6) is 0 Å². The Kier molecular flexibility index (Phi) is 55.3. The molecule has 0 aromatic carbocycles. The van der Waals surface area contributed by atoms with Crippen molar-refractivity contribution in [2.75, 3.05) is 13.2 Å². The zero-order valence-corrected chi connectivity index (χ0v) is 46.0. The Morgan fingerprint density at radius 2 is 0.529 bits per heavy atom. The van der Waals surface area contributed by atoms with Gasteiger partial charge in [0.05, 0.1) is 0 Å². The highest BCUT2D eigenvalue weighted by atomic mass is 16.6. The zero-order chi connectivity index (χ0) is 50.7. The summed E-state index contributed by atoms with van der Waals surface area (Å²) in [6.45, 7) is 6.54. The van der Waals surface area contributed by atoms with Crippen molar-refractivity contribution in [3.63, 3.8) is 0 Å². The van der Waals surface area contributed by atoms with Crippen molar-refractivity contribution in [2.24, 2.45) is 0 Å². The number of carbonyl (C=O) groups is 3. The van der Waals surface area contributed by atoms with Gasteiger partial charge in [0.1, 0.15) is 13.2 Å². The minimum atomic E-state index is -0.798. The van der Waals surface area contributed by atoms with Gasteiger partial charge < -0.3 is 14.2 Å². The van der Waals surface area contributed by atoms with Crippen molar-refractivity contribution in [3.8, 4) is 0 Å². The molecule has 0 heterocycles. The highest BCUT2D eigenvalue weighted by Gasteiger charge is 2.19. The van der Waals surface area contributed by atoms with Crippen LogP contribution in [0, 0.1) is 0 Å². The van der Waals surface area contributed by atoms with Crippen molar-refractivity contribution in [1.82, 2.24) is 0 Å². The van der Waals surface area contributed by atoms with Gasteiger partial charge in [0.2, 0.25) is 0 Å². The Morgan fingerprint density at radius 1 is 0.286 bits per heavy atom. The first-order chi connectivity index (χ1) is 34.5. The van der Waals surface area contributed by atoms with Gasteiger partial charge in [0, 0.05) is 19.3 Å². The maximum Gasteiger partial charge on any atom is 0.306 e. The average Bonchev–Trinajstić information content (AvgIpc) is 3.36. The number of hydrogen-bond donors (Lipinski definition) is 0. The van der Waals surface area contributed by atoms with Crippen LogP contribution in [-0.2, 0) is 28.6 Å². The molecule has 0 bridgehead atoms. The summed E-state index contributed by atoms with van der Waals surface area (Å²) in [6, 6.07) is 0. The fourth-order valence-corrected chi connectivity index (χ4v) is 8.08. The van der Waals surface area contributed by atoms with Gasteiger partial charge in [-0.05, 0) is 116 Å². The van der Waals surface area contributed by atoms with E-state index in [-0.39, 0.29) is 31.1 Å². The van der Waals surface area contributed by atoms with Crippen molar-refractivity contribution in [1.29, 1.82) is 0 Å². The summed E-state index contributed by atoms with van der Waals surface area (Å²) < 4.78 is 16.8. The van der Waals surface area contributed by atoms with Crippen LogP contribution in [-0.4, -0.2) is 37.2 Å². The predicted octanol–water partition coefficient (Wildman–Crippen LogP) is 19.9. The number of hydrogen-bond acceptors (Lipinski definition) is 6. The molecule has 0 aromatic rings. The Bertz CT molecular complexity index is 1350. The molecule has 402 valence electrons. The lowest BCUT2D eigenvalue weighted by molar-refractivity contribution is -0.167. The fraction of sp³-hybridized carbons (Fsp3) is 0.734. The summed E-state index contributed by atoms with van der Waals surface area (Å²) in [5.41, 5.74) is 0. The lowest BCUT2D eigenvalue weighted by atomic mass is 10.1. The Hall–Kier alpha value is -3.41. The third-order valence-corrected chi connectivity index (χ3v) is 12.6. The van der Waals surface area contributed by atoms with E-state index < -0.39 is 6.10 Å². The van der Waals surface area contributed by atoms with E-state index in [1.165, 1.54) is 135 Å². The minimum absolute atomic E-state index is 0.0947. The highest BCUT2D eigenvalue weighted by Crippen LogP contribution is 2.15. The summed E-state index contributed by atoms with van der Waals surface area (Å²) in [7, 11) is 0. The number of unbranched alkanes of at least 4 members (excludes halogenated alkanes) is 28. The van der Waals surface area contributed by atoms with Gasteiger partial charge in [-0.2, -0.15) is 0 Å². The first-order valence-corrected chi connectivity index (χ1v) is 29.6. The van der Waals surface area contributed by atoms with Crippen LogP contribution in [0.1, 0.15) is 284 Å². The highest BCUT2D eigenvalue weighted by molar-refractivity contribution is 5.71. The normalized spacial score (nSPS) is 12.7. The van der Waals surface area contributed by atoms with E-state index in [0.717, 1.165) is 109 Å². The van der Waals surface area contributed by atoms with Gasteiger partial charge in [0.25, 0.3) is 0 Å². The number of carbonyl (C=O) groups excluding carboxylic acids is 3. The zero-order valence-electron chi connectivity index (χ0n) is 46.0. The largest absolute Gasteiger partial charge is 0.462 e. The number of ether oxygens (including phenoxy) is 3. The molecule has 0 aromatic heterocycles. The molecule has 0 aliphatic heterocycles. The summed E-state index contributed by atoms with van der Waals surface area (Å²) in [5, 5.41) is 0. The first kappa shape index (κ1) is 66.6. The third kappa shape index (κ3) is 55.5. The lowest BCUT2D eigenvalue weighted by Crippen LogP contribution is -2.30. The molecule has 1 atom stereocenters. The topological polar surface area (TPSA) is 78.9 Å². The lowest BCUT2D eigenvalue weighted by Gasteiger charge is -2.18. The molecule has 0 aliphatic rings. The molecular weight excluding hydrogens is 865 g/mol. The van der Waals surface area contributed by atoms with Crippen LogP contribution in [0.3, 0.4) is 0 Å². The van der Waals surface area contributed by atoms with Crippen molar-refractivity contribution < 1.29 is 28.6 Å². The molecule has 0 saturated carbocycles. The van der Waals surface area contributed by atoms with E-state index in [1.54, 1.807) is 0 Å². The molecule has 6 nitrogen and oxygen atoms in total. The van der Waals surface area contributed by atoms with Crippen LogP contribution in [0.4, 0.5) is 0 Å².